The second kappa shape index (κ2) is 8.32. The molecule has 0 aromatic heterocycles. The van der Waals surface area contributed by atoms with E-state index in [0.717, 1.165) is 18.4 Å². The molecule has 21 heavy (non-hydrogen) atoms. The molecule has 2 unspecified atom stereocenters. The summed E-state index contributed by atoms with van der Waals surface area (Å²) in [4.78, 5) is 0.157. The first-order chi connectivity index (χ1) is 9.89. The van der Waals surface area contributed by atoms with Crippen LogP contribution in [-0.4, -0.2) is 18.1 Å². The highest BCUT2D eigenvalue weighted by Crippen LogP contribution is 2.37. The minimum atomic E-state index is -4.28. The lowest BCUT2D eigenvalue weighted by Crippen LogP contribution is -2.35. The van der Waals surface area contributed by atoms with Gasteiger partial charge in [0, 0.05) is 17.5 Å². The third-order valence-corrected chi connectivity index (χ3v) is 3.67. The zero-order valence-corrected chi connectivity index (χ0v) is 12.6. The third kappa shape index (κ3) is 6.42. The Bertz CT molecular complexity index is 465. The van der Waals surface area contributed by atoms with Crippen LogP contribution in [0, 0.1) is 12.3 Å². The van der Waals surface area contributed by atoms with Crippen molar-refractivity contribution in [1.82, 2.24) is 5.32 Å². The molecule has 6 heteroatoms. The van der Waals surface area contributed by atoms with Crippen LogP contribution in [0.3, 0.4) is 0 Å². The predicted molar refractivity (Wildman–Crippen MR) is 80.8 cm³/mol. The third-order valence-electron chi connectivity index (χ3n) is 2.93. The molecule has 116 valence electrons. The molecule has 3 N–H and O–H groups in total. The maximum Gasteiger partial charge on any atom is 0.446 e. The van der Waals surface area contributed by atoms with Crippen LogP contribution in [0.4, 0.5) is 13.2 Å². The Morgan fingerprint density at radius 2 is 1.95 bits per heavy atom. The van der Waals surface area contributed by atoms with E-state index in [1.807, 2.05) is 6.92 Å². The fraction of sp³-hybridized carbons (Fsp3) is 0.467. The van der Waals surface area contributed by atoms with Crippen molar-refractivity contribution >= 4 is 11.8 Å². The lowest BCUT2D eigenvalue weighted by molar-refractivity contribution is -0.0328. The molecule has 0 amide bonds. The number of terminal acetylenes is 1. The van der Waals surface area contributed by atoms with Crippen molar-refractivity contribution in [3.05, 3.63) is 29.8 Å². The average Bonchev–Trinajstić information content (AvgIpc) is 2.43. The molecule has 0 aliphatic carbocycles. The van der Waals surface area contributed by atoms with Crippen LogP contribution >= 0.6 is 11.8 Å². The first-order valence-corrected chi connectivity index (χ1v) is 7.49. The number of hydrogen-bond acceptors (Lipinski definition) is 3. The molecule has 2 atom stereocenters. The molecular formula is C15H19F3N2S. The average molecular weight is 316 g/mol. The maximum atomic E-state index is 12.3. The van der Waals surface area contributed by atoms with Gasteiger partial charge in [-0.3, -0.25) is 5.32 Å². The highest BCUT2D eigenvalue weighted by Gasteiger charge is 2.29. The van der Waals surface area contributed by atoms with Gasteiger partial charge in [0.25, 0.3) is 0 Å². The van der Waals surface area contributed by atoms with Gasteiger partial charge in [-0.2, -0.15) is 13.2 Å². The first-order valence-electron chi connectivity index (χ1n) is 6.67. The fourth-order valence-electron chi connectivity index (χ4n) is 1.95. The van der Waals surface area contributed by atoms with Crippen molar-refractivity contribution in [2.75, 3.05) is 6.54 Å². The van der Waals surface area contributed by atoms with Gasteiger partial charge in [0.2, 0.25) is 0 Å². The van der Waals surface area contributed by atoms with Crippen LogP contribution < -0.4 is 11.1 Å². The largest absolute Gasteiger partial charge is 0.446 e. The number of nitrogens with two attached hydrogens (primary N) is 1. The fourth-order valence-corrected chi connectivity index (χ4v) is 2.49. The van der Waals surface area contributed by atoms with Gasteiger partial charge in [-0.15, -0.1) is 6.42 Å². The van der Waals surface area contributed by atoms with Gasteiger partial charge < -0.3 is 5.73 Å². The topological polar surface area (TPSA) is 38.0 Å². The Labute approximate surface area is 127 Å². The van der Waals surface area contributed by atoms with E-state index >= 15 is 0 Å². The van der Waals surface area contributed by atoms with E-state index in [-0.39, 0.29) is 28.7 Å². The number of benzene rings is 1. The molecule has 0 heterocycles. The van der Waals surface area contributed by atoms with E-state index in [1.165, 1.54) is 12.1 Å². The molecule has 0 fully saturated rings. The Balaban J connectivity index is 2.76. The van der Waals surface area contributed by atoms with Gasteiger partial charge in [0.15, 0.2) is 0 Å². The highest BCUT2D eigenvalue weighted by atomic mass is 32.2. The van der Waals surface area contributed by atoms with Crippen LogP contribution in [0.25, 0.3) is 0 Å². The van der Waals surface area contributed by atoms with Gasteiger partial charge >= 0.3 is 5.51 Å². The molecule has 2 nitrogen and oxygen atoms in total. The highest BCUT2D eigenvalue weighted by molar-refractivity contribution is 8.00. The first kappa shape index (κ1) is 17.9. The number of halogens is 3. The Morgan fingerprint density at radius 1 is 1.33 bits per heavy atom. The smallest absolute Gasteiger partial charge is 0.329 e. The summed E-state index contributed by atoms with van der Waals surface area (Å²) in [6, 6.07) is 5.94. The van der Waals surface area contributed by atoms with E-state index in [9.17, 15) is 13.2 Å². The Kier molecular flexibility index (Phi) is 7.09. The standard InChI is InChI=1S/C15H19F3N2S/c1-3-5-12(4-2)20-14(10-19)11-6-8-13(9-7-11)21-15(16,17)18/h2,6-9,12,14,20H,3,5,10,19H2,1H3. The van der Waals surface area contributed by atoms with Crippen LogP contribution in [-0.2, 0) is 0 Å². The summed E-state index contributed by atoms with van der Waals surface area (Å²) < 4.78 is 36.8. The van der Waals surface area contributed by atoms with Crippen molar-refractivity contribution in [3.8, 4) is 12.3 Å². The zero-order chi connectivity index (χ0) is 15.9. The number of alkyl halides is 3. The van der Waals surface area contributed by atoms with Gasteiger partial charge in [-0.25, -0.2) is 0 Å². The minimum Gasteiger partial charge on any atom is -0.329 e. The lowest BCUT2D eigenvalue weighted by atomic mass is 10.0. The molecule has 0 aliphatic rings. The quantitative estimate of drug-likeness (QED) is 0.595. The van der Waals surface area contributed by atoms with E-state index in [4.69, 9.17) is 12.2 Å². The van der Waals surface area contributed by atoms with Crippen molar-refractivity contribution in [1.29, 1.82) is 0 Å². The molecule has 0 aliphatic heterocycles. The van der Waals surface area contributed by atoms with Gasteiger partial charge in [0.05, 0.1) is 6.04 Å². The Morgan fingerprint density at radius 3 is 2.38 bits per heavy atom. The Hall–Kier alpha value is -1.16. The summed E-state index contributed by atoms with van der Waals surface area (Å²) in [5.74, 6) is 2.66. The summed E-state index contributed by atoms with van der Waals surface area (Å²) >= 11 is -0.129. The van der Waals surface area contributed by atoms with E-state index in [0.29, 0.717) is 6.54 Å². The second-order valence-corrected chi connectivity index (χ2v) is 5.72. The molecule has 0 spiro atoms. The molecule has 0 radical (unpaired) electrons. The summed E-state index contributed by atoms with van der Waals surface area (Å²) in [5, 5.41) is 3.25. The van der Waals surface area contributed by atoms with Crippen molar-refractivity contribution < 1.29 is 13.2 Å². The normalized spacial score (nSPS) is 14.5. The summed E-state index contributed by atoms with van der Waals surface area (Å²) in [6.07, 6.45) is 7.22. The van der Waals surface area contributed by atoms with Crippen LogP contribution in [0.2, 0.25) is 0 Å². The number of rotatable bonds is 7. The summed E-state index contributed by atoms with van der Waals surface area (Å²) in [5.41, 5.74) is 2.29. The molecule has 0 bridgehead atoms. The summed E-state index contributed by atoms with van der Waals surface area (Å²) in [6.45, 7) is 2.36. The van der Waals surface area contributed by atoms with Gasteiger partial charge in [0.1, 0.15) is 0 Å². The second-order valence-electron chi connectivity index (χ2n) is 4.58. The van der Waals surface area contributed by atoms with Crippen LogP contribution in [0.5, 0.6) is 0 Å². The van der Waals surface area contributed by atoms with Crippen molar-refractivity contribution in [3.63, 3.8) is 0 Å². The molecule has 1 rings (SSSR count). The monoisotopic (exact) mass is 316 g/mol. The molecule has 0 saturated heterocycles. The molecule has 1 aromatic rings. The SMILES string of the molecule is C#CC(CCC)NC(CN)c1ccc(SC(F)(F)F)cc1. The number of hydrogen-bond donors (Lipinski definition) is 2. The molecule has 1 aromatic carbocycles. The van der Waals surface area contributed by atoms with Crippen LogP contribution in [0.15, 0.2) is 29.2 Å². The van der Waals surface area contributed by atoms with E-state index in [1.54, 1.807) is 12.1 Å². The van der Waals surface area contributed by atoms with Crippen molar-refractivity contribution in [2.45, 2.75) is 42.3 Å². The zero-order valence-electron chi connectivity index (χ0n) is 11.8. The minimum absolute atomic E-state index is 0.0900. The van der Waals surface area contributed by atoms with Crippen molar-refractivity contribution in [2.24, 2.45) is 5.73 Å². The lowest BCUT2D eigenvalue weighted by Gasteiger charge is -2.22. The molecular weight excluding hydrogens is 297 g/mol. The summed E-state index contributed by atoms with van der Waals surface area (Å²) in [7, 11) is 0. The van der Waals surface area contributed by atoms with E-state index < -0.39 is 5.51 Å². The maximum absolute atomic E-state index is 12.3. The number of thioether (sulfide) groups is 1. The van der Waals surface area contributed by atoms with Gasteiger partial charge in [-0.05, 0) is 35.9 Å². The van der Waals surface area contributed by atoms with E-state index in [2.05, 4.69) is 11.2 Å². The predicted octanol–water partition coefficient (Wildman–Crippen LogP) is 3.69. The van der Waals surface area contributed by atoms with Gasteiger partial charge in [-0.1, -0.05) is 31.4 Å². The molecule has 0 saturated carbocycles. The number of nitrogens with one attached hydrogen (secondary N) is 1. The van der Waals surface area contributed by atoms with Crippen LogP contribution in [0.1, 0.15) is 31.4 Å².